The van der Waals surface area contributed by atoms with Crippen molar-refractivity contribution in [3.05, 3.63) is 36.5 Å². The fourth-order valence-electron chi connectivity index (χ4n) is 1.24. The Kier molecular flexibility index (Phi) is 5.35. The molecule has 1 rings (SSSR count). The van der Waals surface area contributed by atoms with Gasteiger partial charge in [0.25, 0.3) is 0 Å². The molecule has 0 aliphatic heterocycles. The molecular formula is C12H17. The van der Waals surface area contributed by atoms with Gasteiger partial charge in [0.1, 0.15) is 0 Å². The molecule has 0 nitrogen and oxygen atoms in total. The zero-order valence-corrected chi connectivity index (χ0v) is 7.63. The first-order valence-corrected chi connectivity index (χ1v) is 4.87. The smallest absolute Gasteiger partial charge is 0.0241 e. The van der Waals surface area contributed by atoms with Gasteiger partial charge < -0.3 is 0 Å². The Morgan fingerprint density at radius 1 is 0.833 bits per heavy atom. The van der Waals surface area contributed by atoms with Crippen LogP contribution in [0.1, 0.15) is 38.5 Å². The van der Waals surface area contributed by atoms with Crippen LogP contribution in [0.3, 0.4) is 0 Å². The maximum atomic E-state index is 3.24. The highest BCUT2D eigenvalue weighted by Crippen LogP contribution is 2.04. The minimum Gasteiger partial charge on any atom is -0.0885 e. The van der Waals surface area contributed by atoms with Crippen molar-refractivity contribution in [3.63, 3.8) is 0 Å². The van der Waals surface area contributed by atoms with Gasteiger partial charge in [-0.25, -0.2) is 0 Å². The Balaban J connectivity index is 2.31. The van der Waals surface area contributed by atoms with Crippen LogP contribution in [0.25, 0.3) is 0 Å². The van der Waals surface area contributed by atoms with Gasteiger partial charge in [-0.05, 0) is 44.6 Å². The van der Waals surface area contributed by atoms with Crippen LogP contribution in [0.5, 0.6) is 0 Å². The summed E-state index contributed by atoms with van der Waals surface area (Å²) in [6.45, 7) is 0. The number of allylic oxidation sites excluding steroid dienone is 6. The average molecular weight is 161 g/mol. The predicted molar refractivity (Wildman–Crippen MR) is 53.8 cm³/mol. The van der Waals surface area contributed by atoms with Crippen LogP contribution in [0.2, 0.25) is 0 Å². The van der Waals surface area contributed by atoms with Crippen molar-refractivity contribution in [1.82, 2.24) is 0 Å². The van der Waals surface area contributed by atoms with Crippen LogP contribution >= 0.6 is 0 Å². The summed E-state index contributed by atoms with van der Waals surface area (Å²) in [5.74, 6) is 0. The summed E-state index contributed by atoms with van der Waals surface area (Å²) in [5, 5.41) is 0. The first-order chi connectivity index (χ1) is 6.00. The van der Waals surface area contributed by atoms with E-state index < -0.39 is 0 Å². The molecule has 0 saturated carbocycles. The van der Waals surface area contributed by atoms with E-state index in [1.165, 1.54) is 25.7 Å². The van der Waals surface area contributed by atoms with Crippen molar-refractivity contribution in [1.29, 1.82) is 0 Å². The van der Waals surface area contributed by atoms with Gasteiger partial charge in [0, 0.05) is 0 Å². The van der Waals surface area contributed by atoms with Gasteiger partial charge in [-0.2, -0.15) is 0 Å². The maximum absolute atomic E-state index is 3.24. The van der Waals surface area contributed by atoms with Crippen LogP contribution in [0.15, 0.2) is 30.4 Å². The summed E-state index contributed by atoms with van der Waals surface area (Å²) in [4.78, 5) is 0. The van der Waals surface area contributed by atoms with Crippen molar-refractivity contribution in [3.8, 4) is 0 Å². The minimum absolute atomic E-state index is 1.06. The molecule has 0 aromatic rings. The third kappa shape index (κ3) is 4.95. The second kappa shape index (κ2) is 6.90. The second-order valence-electron chi connectivity index (χ2n) is 3.09. The van der Waals surface area contributed by atoms with E-state index in [9.17, 15) is 0 Å². The molecule has 12 heavy (non-hydrogen) atoms. The van der Waals surface area contributed by atoms with Crippen molar-refractivity contribution in [2.45, 2.75) is 38.5 Å². The third-order valence-electron chi connectivity index (χ3n) is 1.96. The lowest BCUT2D eigenvalue weighted by molar-refractivity contribution is 0.759. The largest absolute Gasteiger partial charge is 0.0885 e. The van der Waals surface area contributed by atoms with Gasteiger partial charge in [-0.3, -0.25) is 0 Å². The van der Waals surface area contributed by atoms with Crippen LogP contribution < -0.4 is 0 Å². The molecule has 1 aliphatic carbocycles. The first kappa shape index (κ1) is 9.31. The summed E-state index contributed by atoms with van der Waals surface area (Å²) in [5.41, 5.74) is 0. The molecule has 0 atom stereocenters. The summed E-state index contributed by atoms with van der Waals surface area (Å²) in [6.07, 6.45) is 21.5. The standard InChI is InChI=1S/C12H17/c1-2-4-6-8-10-12-11-9-7-5-3-1/h1-3,11-12H,4,6-10H2/b2-1-,5-3?,12-11+. The van der Waals surface area contributed by atoms with E-state index in [0.29, 0.717) is 0 Å². The SMILES string of the molecule is [C]1=C/C=C\CCCC/C=C/CC/1. The molecule has 0 unspecified atom stereocenters. The highest BCUT2D eigenvalue weighted by molar-refractivity contribution is 4.99. The van der Waals surface area contributed by atoms with Gasteiger partial charge in [-0.15, -0.1) is 0 Å². The molecule has 0 saturated heterocycles. The zero-order chi connectivity index (χ0) is 8.49. The first-order valence-electron chi connectivity index (χ1n) is 4.87. The zero-order valence-electron chi connectivity index (χ0n) is 7.63. The number of hydrogen-bond acceptors (Lipinski definition) is 0. The normalized spacial score (nSPS) is 28.0. The molecule has 1 radical (unpaired) electrons. The molecule has 0 amide bonds. The lowest BCUT2D eigenvalue weighted by Gasteiger charge is -1.93. The van der Waals surface area contributed by atoms with Gasteiger partial charge in [0.15, 0.2) is 0 Å². The van der Waals surface area contributed by atoms with Crippen molar-refractivity contribution in [2.24, 2.45) is 0 Å². The molecule has 0 spiro atoms. The molecule has 0 heterocycles. The monoisotopic (exact) mass is 161 g/mol. The lowest BCUT2D eigenvalue weighted by Crippen LogP contribution is -1.74. The lowest BCUT2D eigenvalue weighted by atomic mass is 10.1. The number of hydrogen-bond donors (Lipinski definition) is 0. The van der Waals surface area contributed by atoms with E-state index in [-0.39, 0.29) is 0 Å². The van der Waals surface area contributed by atoms with Crippen molar-refractivity contribution in [2.75, 3.05) is 0 Å². The van der Waals surface area contributed by atoms with E-state index in [4.69, 9.17) is 0 Å². The molecule has 1 aliphatic rings. The maximum Gasteiger partial charge on any atom is -0.0241 e. The third-order valence-corrected chi connectivity index (χ3v) is 1.96. The molecule has 65 valence electrons. The van der Waals surface area contributed by atoms with E-state index >= 15 is 0 Å². The van der Waals surface area contributed by atoms with Gasteiger partial charge in [0.05, 0.1) is 0 Å². The Morgan fingerprint density at radius 3 is 2.50 bits per heavy atom. The summed E-state index contributed by atoms with van der Waals surface area (Å²) in [6, 6.07) is 0. The molecule has 0 fully saturated rings. The summed E-state index contributed by atoms with van der Waals surface area (Å²) in [7, 11) is 0. The number of rotatable bonds is 0. The Bertz CT molecular complexity index is 172. The Labute approximate surface area is 75.7 Å². The molecule has 0 aromatic carbocycles. The van der Waals surface area contributed by atoms with Gasteiger partial charge >= 0.3 is 0 Å². The van der Waals surface area contributed by atoms with Gasteiger partial charge in [-0.1, -0.05) is 30.4 Å². The topological polar surface area (TPSA) is 0 Å². The summed E-state index contributed by atoms with van der Waals surface area (Å²) >= 11 is 0. The fraction of sp³-hybridized carbons (Fsp3) is 0.500. The highest BCUT2D eigenvalue weighted by Gasteiger charge is 1.84. The molecule has 0 heteroatoms. The summed E-state index contributed by atoms with van der Waals surface area (Å²) < 4.78 is 0. The Morgan fingerprint density at radius 2 is 1.58 bits per heavy atom. The predicted octanol–water partition coefficient (Wildman–Crippen LogP) is 3.81. The Hall–Kier alpha value is -0.780. The fourth-order valence-corrected chi connectivity index (χ4v) is 1.24. The quantitative estimate of drug-likeness (QED) is 0.474. The highest BCUT2D eigenvalue weighted by atomic mass is 13.9. The van der Waals surface area contributed by atoms with E-state index in [0.717, 1.165) is 12.8 Å². The van der Waals surface area contributed by atoms with Crippen LogP contribution in [0.4, 0.5) is 0 Å². The van der Waals surface area contributed by atoms with Crippen molar-refractivity contribution >= 4 is 0 Å². The van der Waals surface area contributed by atoms with Crippen LogP contribution in [-0.2, 0) is 0 Å². The molecule has 0 bridgehead atoms. The average Bonchev–Trinajstić information content (AvgIpc) is 2.05. The molecular weight excluding hydrogens is 144 g/mol. The second-order valence-corrected chi connectivity index (χ2v) is 3.09. The van der Waals surface area contributed by atoms with Crippen LogP contribution in [0, 0.1) is 6.08 Å². The molecule has 0 N–H and O–H groups in total. The van der Waals surface area contributed by atoms with E-state index in [2.05, 4.69) is 30.4 Å². The van der Waals surface area contributed by atoms with Crippen LogP contribution in [-0.4, -0.2) is 0 Å². The van der Waals surface area contributed by atoms with Gasteiger partial charge in [0.2, 0.25) is 0 Å². The van der Waals surface area contributed by atoms with E-state index in [1.807, 2.05) is 6.08 Å². The molecule has 0 aromatic heterocycles. The van der Waals surface area contributed by atoms with E-state index in [1.54, 1.807) is 0 Å². The van der Waals surface area contributed by atoms with Crippen molar-refractivity contribution < 1.29 is 0 Å². The minimum atomic E-state index is 1.06.